The van der Waals surface area contributed by atoms with Crippen molar-refractivity contribution in [2.75, 3.05) is 131 Å². The Hall–Kier alpha value is -3.94. The van der Waals surface area contributed by atoms with Gasteiger partial charge in [-0.2, -0.15) is 0 Å². The highest BCUT2D eigenvalue weighted by atomic mass is 35.5. The molecule has 5 aromatic rings. The largest absolute Gasteiger partial charge is 0.481 e. The number of piperazine rings is 3. The molecule has 4 aliphatic rings. The molecule has 0 aliphatic carbocycles. The van der Waals surface area contributed by atoms with Gasteiger partial charge in [0.1, 0.15) is 0 Å². The van der Waals surface area contributed by atoms with Gasteiger partial charge in [-0.15, -0.1) is 0 Å². The van der Waals surface area contributed by atoms with Crippen molar-refractivity contribution in [2.24, 2.45) is 5.92 Å². The number of benzene rings is 3. The molecular formula is C57H79Cl2N9O. The third-order valence-corrected chi connectivity index (χ3v) is 15.1. The van der Waals surface area contributed by atoms with E-state index in [-0.39, 0.29) is 0 Å². The van der Waals surface area contributed by atoms with Gasteiger partial charge >= 0.3 is 0 Å². The molecule has 6 heterocycles. The van der Waals surface area contributed by atoms with E-state index in [1.807, 2.05) is 36.8 Å². The lowest BCUT2D eigenvalue weighted by Crippen LogP contribution is -2.47. The van der Waals surface area contributed by atoms with Crippen molar-refractivity contribution in [1.29, 1.82) is 0 Å². The van der Waals surface area contributed by atoms with Crippen molar-refractivity contribution in [3.63, 3.8) is 0 Å². The van der Waals surface area contributed by atoms with Gasteiger partial charge in [-0.05, 0) is 123 Å². The number of nitrogens with zero attached hydrogens (tertiary/aromatic N) is 8. The third-order valence-electron chi connectivity index (χ3n) is 14.3. The van der Waals surface area contributed by atoms with E-state index in [0.29, 0.717) is 15.9 Å². The fourth-order valence-corrected chi connectivity index (χ4v) is 10.1. The molecule has 3 aromatic carbocycles. The van der Waals surface area contributed by atoms with E-state index >= 15 is 0 Å². The van der Waals surface area contributed by atoms with Gasteiger partial charge in [-0.3, -0.25) is 9.88 Å². The Morgan fingerprint density at radius 2 is 1.00 bits per heavy atom. The Balaban J connectivity index is 0.000000153. The van der Waals surface area contributed by atoms with Gasteiger partial charge in [-0.1, -0.05) is 96.0 Å². The van der Waals surface area contributed by atoms with Crippen LogP contribution in [0.1, 0.15) is 47.1 Å². The second kappa shape index (κ2) is 30.1. The molecular weight excluding hydrogens is 898 g/mol. The van der Waals surface area contributed by atoms with Crippen LogP contribution in [0.4, 0.5) is 0 Å². The van der Waals surface area contributed by atoms with E-state index in [2.05, 4.69) is 130 Å². The zero-order valence-electron chi connectivity index (χ0n) is 41.5. The van der Waals surface area contributed by atoms with Crippen LogP contribution in [-0.4, -0.2) is 171 Å². The van der Waals surface area contributed by atoms with E-state index in [4.69, 9.17) is 27.9 Å². The van der Waals surface area contributed by atoms with Gasteiger partial charge in [-0.25, -0.2) is 4.98 Å². The smallest absolute Gasteiger partial charge is 0.212 e. The zero-order chi connectivity index (χ0) is 47.7. The summed E-state index contributed by atoms with van der Waals surface area (Å²) in [5.74, 6) is 1.60. The zero-order valence-corrected chi connectivity index (χ0v) is 43.0. The average Bonchev–Trinajstić information content (AvgIpc) is 3.41. The molecule has 1 unspecified atom stereocenters. The lowest BCUT2D eigenvalue weighted by atomic mass is 9.96. The van der Waals surface area contributed by atoms with E-state index in [9.17, 15) is 0 Å². The van der Waals surface area contributed by atoms with Crippen LogP contribution < -0.4 is 10.1 Å². The summed E-state index contributed by atoms with van der Waals surface area (Å²) in [7, 11) is 1.65. The minimum Gasteiger partial charge on any atom is -0.481 e. The maximum absolute atomic E-state index is 6.08. The first kappa shape index (κ1) is 52.9. The first-order chi connectivity index (χ1) is 33.9. The Kier molecular flexibility index (Phi) is 23.0. The van der Waals surface area contributed by atoms with E-state index in [0.717, 1.165) is 104 Å². The monoisotopic (exact) mass is 976 g/mol. The molecule has 0 amide bonds. The van der Waals surface area contributed by atoms with Crippen molar-refractivity contribution < 1.29 is 4.74 Å². The highest BCUT2D eigenvalue weighted by Crippen LogP contribution is 2.23. The molecule has 0 saturated carbocycles. The normalized spacial score (nSPS) is 19.0. The summed E-state index contributed by atoms with van der Waals surface area (Å²) in [6.07, 6.45) is 14.3. The summed E-state index contributed by atoms with van der Waals surface area (Å²) in [6.45, 7) is 23.5. The predicted octanol–water partition coefficient (Wildman–Crippen LogP) is 8.48. The number of hydrogen-bond donors (Lipinski definition) is 1. The maximum atomic E-state index is 6.08. The molecule has 1 atom stereocenters. The Labute approximate surface area is 424 Å². The van der Waals surface area contributed by atoms with Crippen LogP contribution in [0.5, 0.6) is 5.88 Å². The van der Waals surface area contributed by atoms with Gasteiger partial charge in [0.15, 0.2) is 0 Å². The molecule has 12 heteroatoms. The van der Waals surface area contributed by atoms with Crippen molar-refractivity contribution >= 4 is 23.2 Å². The summed E-state index contributed by atoms with van der Waals surface area (Å²) in [5.41, 5.74) is 6.77. The molecule has 69 heavy (non-hydrogen) atoms. The van der Waals surface area contributed by atoms with Crippen LogP contribution in [0.25, 0.3) is 0 Å². The van der Waals surface area contributed by atoms with Crippen molar-refractivity contribution in [1.82, 2.24) is 44.7 Å². The fraction of sp³-hybridized carbons (Fsp3) is 0.509. The molecule has 4 aliphatic heterocycles. The van der Waals surface area contributed by atoms with Crippen LogP contribution in [0.15, 0.2) is 122 Å². The fourth-order valence-electron chi connectivity index (χ4n) is 9.75. The highest BCUT2D eigenvalue weighted by Gasteiger charge is 2.20. The lowest BCUT2D eigenvalue weighted by molar-refractivity contribution is 0.125. The van der Waals surface area contributed by atoms with Crippen LogP contribution in [0, 0.1) is 5.92 Å². The van der Waals surface area contributed by atoms with Gasteiger partial charge in [0.05, 0.1) is 17.2 Å². The average molecular weight is 977 g/mol. The minimum atomic E-state index is 0.628. The van der Waals surface area contributed by atoms with Crippen molar-refractivity contribution in [2.45, 2.75) is 51.5 Å². The van der Waals surface area contributed by atoms with Gasteiger partial charge in [0.25, 0.3) is 0 Å². The van der Waals surface area contributed by atoms with Crippen LogP contribution >= 0.6 is 23.2 Å². The predicted molar refractivity (Wildman–Crippen MR) is 287 cm³/mol. The maximum Gasteiger partial charge on any atom is 0.212 e. The number of methoxy groups -OCH3 is 1. The number of piperidine rings is 1. The summed E-state index contributed by atoms with van der Waals surface area (Å²) in [5, 5.41) is 4.81. The Morgan fingerprint density at radius 3 is 1.46 bits per heavy atom. The first-order valence-corrected chi connectivity index (χ1v) is 26.6. The summed E-state index contributed by atoms with van der Waals surface area (Å²) in [6, 6.07) is 35.8. The van der Waals surface area contributed by atoms with E-state index in [1.165, 1.54) is 106 Å². The Morgan fingerprint density at radius 1 is 0.522 bits per heavy atom. The number of halogens is 2. The number of hydrogen-bond acceptors (Lipinski definition) is 10. The molecule has 2 aromatic heterocycles. The van der Waals surface area contributed by atoms with E-state index < -0.39 is 0 Å². The standard InChI is InChI=1S/C19H23Cl2N3.C19H25N3O.C19H31N3/c20-18-2-1-17(15-19(18)21)6-10-24-13-11-23(12-14-24)9-5-16-3-7-22-8-4-16;1-23-19-8-7-18(15-20-19)16-22-13-11-21(12-14-22)10-9-17-5-3-2-4-6-17;1-2-5-18(6-3-1)8-11-21-13-15-22(16-14-21)12-9-19-7-4-10-20-17-19/h1-4,7-8,15H,5-6,9-14H2;2-8,15H,9-14,16H2,1H3;1-3,5-6,19-20H,4,7-17H2. The van der Waals surface area contributed by atoms with Crippen LogP contribution in [-0.2, 0) is 32.2 Å². The van der Waals surface area contributed by atoms with Crippen molar-refractivity contribution in [3.05, 3.63) is 160 Å². The van der Waals surface area contributed by atoms with Crippen molar-refractivity contribution in [3.8, 4) is 5.88 Å². The summed E-state index contributed by atoms with van der Waals surface area (Å²) in [4.78, 5) is 23.8. The molecule has 1 N–H and O–H groups in total. The molecule has 0 spiro atoms. The topological polar surface area (TPSA) is 66.5 Å². The van der Waals surface area contributed by atoms with E-state index in [1.54, 1.807) is 7.11 Å². The molecule has 0 radical (unpaired) electrons. The van der Waals surface area contributed by atoms with Gasteiger partial charge in [0, 0.05) is 136 Å². The number of rotatable bonds is 18. The third kappa shape index (κ3) is 19.6. The molecule has 10 nitrogen and oxygen atoms in total. The van der Waals surface area contributed by atoms with Gasteiger partial charge in [0.2, 0.25) is 5.88 Å². The Bertz CT molecular complexity index is 2110. The van der Waals surface area contributed by atoms with Crippen LogP contribution in [0.3, 0.4) is 0 Å². The molecule has 9 rings (SSSR count). The second-order valence-electron chi connectivity index (χ2n) is 19.3. The minimum absolute atomic E-state index is 0.628. The SMILES string of the molecule is COc1ccc(CN2CCN(CCc3ccccc3)CC2)cn1.Clc1ccc(CCN2CCN(CCc3ccncc3)CC2)cc1Cl.c1ccc(CCN2CCN(CCC3CCCNC3)CC2)cc1. The summed E-state index contributed by atoms with van der Waals surface area (Å²) < 4.78 is 5.11. The van der Waals surface area contributed by atoms with Crippen LogP contribution in [0.2, 0.25) is 10.0 Å². The first-order valence-electron chi connectivity index (χ1n) is 25.9. The van der Waals surface area contributed by atoms with Gasteiger partial charge < -0.3 is 34.6 Å². The molecule has 372 valence electrons. The lowest BCUT2D eigenvalue weighted by Gasteiger charge is -2.35. The number of pyridine rings is 2. The number of ether oxygens (including phenoxy) is 1. The molecule has 4 fully saturated rings. The number of aromatic nitrogens is 2. The summed E-state index contributed by atoms with van der Waals surface area (Å²) >= 11 is 12.1. The second-order valence-corrected chi connectivity index (χ2v) is 20.1. The molecule has 0 bridgehead atoms. The molecule has 4 saturated heterocycles. The highest BCUT2D eigenvalue weighted by molar-refractivity contribution is 6.42. The quantitative estimate of drug-likeness (QED) is 0.0926. The number of nitrogens with one attached hydrogen (secondary N) is 1.